The van der Waals surface area contributed by atoms with Gasteiger partial charge in [-0.3, -0.25) is 9.08 Å². The maximum absolute atomic E-state index is 5.05. The zero-order chi connectivity index (χ0) is 18.6. The normalized spacial score (nSPS) is 19.4. The highest BCUT2D eigenvalue weighted by Crippen LogP contribution is 2.46. The maximum Gasteiger partial charge on any atom is 0.211 e. The molecule has 5 rings (SSSR count). The van der Waals surface area contributed by atoms with Crippen LogP contribution in [0.3, 0.4) is 0 Å². The number of aryl methyl sites for hydroxylation is 2. The second-order valence-corrected chi connectivity index (χ2v) is 8.45. The van der Waals surface area contributed by atoms with Crippen molar-refractivity contribution in [1.82, 2.24) is 24.1 Å². The first-order valence-corrected chi connectivity index (χ1v) is 10.2. The lowest BCUT2D eigenvalue weighted by atomic mass is 9.77. The smallest absolute Gasteiger partial charge is 0.211 e. The first-order valence-electron chi connectivity index (χ1n) is 10.2. The molecule has 1 saturated heterocycles. The van der Waals surface area contributed by atoms with E-state index < -0.39 is 0 Å². The van der Waals surface area contributed by atoms with Crippen LogP contribution in [0, 0.1) is 19.3 Å². The van der Waals surface area contributed by atoms with Gasteiger partial charge < -0.3 is 4.90 Å². The topological polar surface area (TPSA) is 51.3 Å². The molecule has 0 amide bonds. The van der Waals surface area contributed by atoms with Gasteiger partial charge in [-0.2, -0.15) is 5.10 Å². The first-order chi connectivity index (χ1) is 13.1. The number of nitrogens with zero attached hydrogens (tertiary/aromatic N) is 6. The number of fused-ring (bicyclic) bond motifs is 1. The van der Waals surface area contributed by atoms with Crippen molar-refractivity contribution in [3.8, 4) is 11.1 Å². The van der Waals surface area contributed by atoms with Crippen molar-refractivity contribution in [2.75, 3.05) is 18.0 Å². The van der Waals surface area contributed by atoms with Gasteiger partial charge >= 0.3 is 0 Å². The number of hydrogen-bond acceptors (Lipinski definition) is 4. The highest BCUT2D eigenvalue weighted by atomic mass is 15.3. The lowest BCUT2D eigenvalue weighted by Crippen LogP contribution is -2.40. The van der Waals surface area contributed by atoms with E-state index in [9.17, 15) is 0 Å². The molecule has 6 heteroatoms. The van der Waals surface area contributed by atoms with Gasteiger partial charge in [-0.25, -0.2) is 9.97 Å². The van der Waals surface area contributed by atoms with Crippen molar-refractivity contribution in [2.45, 2.75) is 52.4 Å². The largest absolute Gasteiger partial charge is 0.342 e. The van der Waals surface area contributed by atoms with Crippen LogP contribution in [0.15, 0.2) is 18.6 Å². The van der Waals surface area contributed by atoms with Crippen LogP contribution in [-0.4, -0.2) is 37.2 Å². The van der Waals surface area contributed by atoms with Crippen molar-refractivity contribution in [2.24, 2.45) is 12.5 Å². The SMILES string of the molecule is Cc1nc(N2CCC3(CCCC3)CC2)n2ccnc2c1-c1cnn(C)c1C. The van der Waals surface area contributed by atoms with E-state index in [0.29, 0.717) is 5.41 Å². The molecule has 0 N–H and O–H groups in total. The Morgan fingerprint density at radius 2 is 1.78 bits per heavy atom. The average molecular weight is 364 g/mol. The van der Waals surface area contributed by atoms with Gasteiger partial charge in [0.2, 0.25) is 5.95 Å². The third-order valence-corrected chi connectivity index (χ3v) is 6.99. The molecule has 6 nitrogen and oxygen atoms in total. The summed E-state index contributed by atoms with van der Waals surface area (Å²) in [5, 5.41) is 4.42. The van der Waals surface area contributed by atoms with E-state index in [1.54, 1.807) is 0 Å². The summed E-state index contributed by atoms with van der Waals surface area (Å²) in [7, 11) is 1.98. The second-order valence-electron chi connectivity index (χ2n) is 8.45. The van der Waals surface area contributed by atoms with Gasteiger partial charge in [-0.05, 0) is 44.9 Å². The van der Waals surface area contributed by atoms with Gasteiger partial charge in [0.05, 0.1) is 11.9 Å². The van der Waals surface area contributed by atoms with Gasteiger partial charge in [0.25, 0.3) is 0 Å². The molecule has 0 radical (unpaired) electrons. The third kappa shape index (κ3) is 2.57. The van der Waals surface area contributed by atoms with Crippen LogP contribution in [0.2, 0.25) is 0 Å². The van der Waals surface area contributed by atoms with E-state index in [4.69, 9.17) is 9.97 Å². The van der Waals surface area contributed by atoms with Crippen molar-refractivity contribution in [3.63, 3.8) is 0 Å². The van der Waals surface area contributed by atoms with E-state index in [2.05, 4.69) is 28.2 Å². The molecule has 1 saturated carbocycles. The van der Waals surface area contributed by atoms with Crippen molar-refractivity contribution in [1.29, 1.82) is 0 Å². The molecular formula is C21H28N6. The fraction of sp³-hybridized carbons (Fsp3) is 0.571. The summed E-state index contributed by atoms with van der Waals surface area (Å²) in [6.45, 7) is 6.40. The molecule has 1 spiro atoms. The van der Waals surface area contributed by atoms with Crippen molar-refractivity contribution >= 4 is 11.6 Å². The molecule has 3 aromatic heterocycles. The van der Waals surface area contributed by atoms with Crippen LogP contribution in [0.25, 0.3) is 16.8 Å². The van der Waals surface area contributed by atoms with Gasteiger partial charge in [0.1, 0.15) is 5.65 Å². The summed E-state index contributed by atoms with van der Waals surface area (Å²) in [4.78, 5) is 12.2. The Balaban J connectivity index is 1.55. The monoisotopic (exact) mass is 364 g/mol. The molecular weight excluding hydrogens is 336 g/mol. The highest BCUT2D eigenvalue weighted by Gasteiger charge is 2.37. The van der Waals surface area contributed by atoms with Crippen LogP contribution in [0.5, 0.6) is 0 Å². The van der Waals surface area contributed by atoms with Crippen LogP contribution in [0.4, 0.5) is 5.95 Å². The summed E-state index contributed by atoms with van der Waals surface area (Å²) >= 11 is 0. The van der Waals surface area contributed by atoms with E-state index in [1.807, 2.05) is 30.3 Å². The molecule has 0 bridgehead atoms. The quantitative estimate of drug-likeness (QED) is 0.692. The highest BCUT2D eigenvalue weighted by molar-refractivity contribution is 5.81. The average Bonchev–Trinajstić information content (AvgIpc) is 3.39. The molecule has 2 fully saturated rings. The Hall–Kier alpha value is -2.37. The molecule has 1 aliphatic carbocycles. The van der Waals surface area contributed by atoms with Gasteiger partial charge in [0, 0.05) is 49.4 Å². The molecule has 0 aromatic carbocycles. The molecule has 142 valence electrons. The predicted octanol–water partition coefficient (Wildman–Crippen LogP) is 3.91. The minimum Gasteiger partial charge on any atom is -0.342 e. The Morgan fingerprint density at radius 3 is 2.44 bits per heavy atom. The number of aromatic nitrogens is 5. The molecule has 0 unspecified atom stereocenters. The molecule has 0 atom stereocenters. The summed E-state index contributed by atoms with van der Waals surface area (Å²) in [6, 6.07) is 0. The van der Waals surface area contributed by atoms with Crippen molar-refractivity contribution in [3.05, 3.63) is 30.0 Å². The van der Waals surface area contributed by atoms with E-state index in [-0.39, 0.29) is 0 Å². The van der Waals surface area contributed by atoms with E-state index in [0.717, 1.165) is 47.2 Å². The van der Waals surface area contributed by atoms with Gasteiger partial charge in [-0.1, -0.05) is 12.8 Å². The zero-order valence-corrected chi connectivity index (χ0v) is 16.6. The van der Waals surface area contributed by atoms with Crippen molar-refractivity contribution < 1.29 is 0 Å². The van der Waals surface area contributed by atoms with Crippen LogP contribution < -0.4 is 4.90 Å². The summed E-state index contributed by atoms with van der Waals surface area (Å²) < 4.78 is 4.08. The van der Waals surface area contributed by atoms with Gasteiger partial charge in [-0.15, -0.1) is 0 Å². The van der Waals surface area contributed by atoms with Crippen LogP contribution in [0.1, 0.15) is 49.9 Å². The Bertz CT molecular complexity index is 982. The van der Waals surface area contributed by atoms with Crippen LogP contribution in [-0.2, 0) is 7.05 Å². The summed E-state index contributed by atoms with van der Waals surface area (Å²) in [6.07, 6.45) is 14.1. The molecule has 4 heterocycles. The second kappa shape index (κ2) is 6.08. The van der Waals surface area contributed by atoms with E-state index >= 15 is 0 Å². The Labute approximate surface area is 160 Å². The summed E-state index contributed by atoms with van der Waals surface area (Å²) in [5.41, 5.74) is 5.98. The third-order valence-electron chi connectivity index (χ3n) is 6.99. The van der Waals surface area contributed by atoms with Gasteiger partial charge in [0.15, 0.2) is 0 Å². The lowest BCUT2D eigenvalue weighted by Gasteiger charge is -2.40. The Kier molecular flexibility index (Phi) is 3.78. The molecule has 27 heavy (non-hydrogen) atoms. The molecule has 2 aliphatic rings. The molecule has 3 aromatic rings. The van der Waals surface area contributed by atoms with Crippen LogP contribution >= 0.6 is 0 Å². The zero-order valence-electron chi connectivity index (χ0n) is 16.6. The minimum absolute atomic E-state index is 0.617. The molecule has 1 aliphatic heterocycles. The Morgan fingerprint density at radius 1 is 1.04 bits per heavy atom. The number of imidazole rings is 1. The standard InChI is InChI=1S/C21H28N6/c1-15-18(17-14-23-25(3)16(17)2)19-22-10-13-27(19)20(24-15)26-11-8-21(9-12-26)6-4-5-7-21/h10,13-14H,4-9,11-12H2,1-3H3. The fourth-order valence-corrected chi connectivity index (χ4v) is 5.16. The summed E-state index contributed by atoms with van der Waals surface area (Å²) in [5.74, 6) is 1.04. The number of rotatable bonds is 2. The maximum atomic E-state index is 5.05. The fourth-order valence-electron chi connectivity index (χ4n) is 5.16. The number of anilines is 1. The minimum atomic E-state index is 0.617. The number of hydrogen-bond donors (Lipinski definition) is 0. The number of piperidine rings is 1. The first kappa shape index (κ1) is 16.8. The van der Waals surface area contributed by atoms with E-state index in [1.165, 1.54) is 38.5 Å². The predicted molar refractivity (Wildman–Crippen MR) is 107 cm³/mol. The lowest BCUT2D eigenvalue weighted by molar-refractivity contribution is 0.225.